The van der Waals surface area contributed by atoms with Gasteiger partial charge in [0, 0.05) is 19.3 Å². The summed E-state index contributed by atoms with van der Waals surface area (Å²) in [6.45, 7) is 3.90. The number of nitrogens with two attached hydrogens (primary N) is 1. The standard InChI is InChI=1S/C13H19N3OS/c1-9(10-5-7-17-8-6-10)15-12-4-2-3-11(16-12)13(14)18/h2-4,9-10H,5-8H2,1H3,(H2,14,18)(H,15,16). The molecule has 0 aromatic carbocycles. The zero-order valence-corrected chi connectivity index (χ0v) is 11.4. The van der Waals surface area contributed by atoms with Gasteiger partial charge in [0.05, 0.1) is 5.69 Å². The van der Waals surface area contributed by atoms with E-state index in [4.69, 9.17) is 22.7 Å². The zero-order valence-electron chi connectivity index (χ0n) is 10.6. The SMILES string of the molecule is CC(Nc1cccc(C(N)=S)n1)C1CCOCC1. The minimum atomic E-state index is 0.331. The molecule has 5 heteroatoms. The highest BCUT2D eigenvalue weighted by atomic mass is 32.1. The van der Waals surface area contributed by atoms with E-state index in [1.54, 1.807) is 0 Å². The van der Waals surface area contributed by atoms with Crippen LogP contribution in [0, 0.1) is 5.92 Å². The molecule has 4 nitrogen and oxygen atoms in total. The third kappa shape index (κ3) is 3.40. The van der Waals surface area contributed by atoms with Crippen LogP contribution in [0.5, 0.6) is 0 Å². The van der Waals surface area contributed by atoms with Gasteiger partial charge in [-0.05, 0) is 37.8 Å². The highest BCUT2D eigenvalue weighted by Gasteiger charge is 2.20. The van der Waals surface area contributed by atoms with Gasteiger partial charge in [-0.3, -0.25) is 0 Å². The van der Waals surface area contributed by atoms with Gasteiger partial charge in [0.25, 0.3) is 0 Å². The van der Waals surface area contributed by atoms with Crippen LogP contribution in [0.15, 0.2) is 18.2 Å². The summed E-state index contributed by atoms with van der Waals surface area (Å²) in [5.74, 6) is 1.47. The number of nitrogens with one attached hydrogen (secondary N) is 1. The van der Waals surface area contributed by atoms with E-state index in [9.17, 15) is 0 Å². The lowest BCUT2D eigenvalue weighted by molar-refractivity contribution is 0.0622. The molecule has 2 rings (SSSR count). The number of pyridine rings is 1. The third-order valence-corrected chi connectivity index (χ3v) is 3.56. The van der Waals surface area contributed by atoms with Gasteiger partial charge in [0.2, 0.25) is 0 Å². The first-order valence-electron chi connectivity index (χ1n) is 6.28. The molecule has 1 saturated heterocycles. The topological polar surface area (TPSA) is 60.2 Å². The Morgan fingerprint density at radius 1 is 1.50 bits per heavy atom. The van der Waals surface area contributed by atoms with E-state index in [1.165, 1.54) is 0 Å². The summed E-state index contributed by atoms with van der Waals surface area (Å²) in [5, 5.41) is 3.42. The van der Waals surface area contributed by atoms with Crippen LogP contribution >= 0.6 is 12.2 Å². The van der Waals surface area contributed by atoms with Crippen LogP contribution in [0.2, 0.25) is 0 Å². The van der Waals surface area contributed by atoms with Crippen LogP contribution in [-0.2, 0) is 4.74 Å². The van der Waals surface area contributed by atoms with Crippen molar-refractivity contribution in [3.8, 4) is 0 Å². The lowest BCUT2D eigenvalue weighted by Crippen LogP contribution is -2.31. The molecule has 18 heavy (non-hydrogen) atoms. The van der Waals surface area contributed by atoms with Gasteiger partial charge in [-0.25, -0.2) is 4.98 Å². The van der Waals surface area contributed by atoms with E-state index in [0.717, 1.165) is 31.9 Å². The number of rotatable bonds is 4. The van der Waals surface area contributed by atoms with Crippen molar-refractivity contribution < 1.29 is 4.74 Å². The van der Waals surface area contributed by atoms with Crippen molar-refractivity contribution in [2.24, 2.45) is 11.7 Å². The quantitative estimate of drug-likeness (QED) is 0.815. The maximum Gasteiger partial charge on any atom is 0.126 e. The van der Waals surface area contributed by atoms with E-state index in [-0.39, 0.29) is 0 Å². The number of anilines is 1. The molecule has 1 aromatic rings. The van der Waals surface area contributed by atoms with Crippen molar-refractivity contribution in [1.29, 1.82) is 0 Å². The van der Waals surface area contributed by atoms with Gasteiger partial charge in [-0.1, -0.05) is 18.3 Å². The van der Waals surface area contributed by atoms with Crippen molar-refractivity contribution in [2.45, 2.75) is 25.8 Å². The van der Waals surface area contributed by atoms with E-state index >= 15 is 0 Å². The summed E-state index contributed by atoms with van der Waals surface area (Å²) in [4.78, 5) is 4.73. The highest BCUT2D eigenvalue weighted by Crippen LogP contribution is 2.21. The number of aromatic nitrogens is 1. The molecule has 0 saturated carbocycles. The van der Waals surface area contributed by atoms with Gasteiger partial charge < -0.3 is 15.8 Å². The maximum atomic E-state index is 5.58. The molecule has 0 amide bonds. The molecular formula is C13H19N3OS. The van der Waals surface area contributed by atoms with Gasteiger partial charge >= 0.3 is 0 Å². The van der Waals surface area contributed by atoms with Crippen molar-refractivity contribution >= 4 is 23.0 Å². The Morgan fingerprint density at radius 2 is 2.22 bits per heavy atom. The highest BCUT2D eigenvalue weighted by molar-refractivity contribution is 7.80. The molecule has 0 bridgehead atoms. The third-order valence-electron chi connectivity index (χ3n) is 3.35. The van der Waals surface area contributed by atoms with Crippen molar-refractivity contribution in [2.75, 3.05) is 18.5 Å². The van der Waals surface area contributed by atoms with Crippen molar-refractivity contribution in [1.82, 2.24) is 4.98 Å². The fraction of sp³-hybridized carbons (Fsp3) is 0.538. The average Bonchev–Trinajstić information content (AvgIpc) is 2.40. The average molecular weight is 265 g/mol. The Labute approximate surface area is 113 Å². The van der Waals surface area contributed by atoms with E-state index < -0.39 is 0 Å². The van der Waals surface area contributed by atoms with Crippen molar-refractivity contribution in [3.63, 3.8) is 0 Å². The predicted octanol–water partition coefficient (Wildman–Crippen LogP) is 1.94. The fourth-order valence-electron chi connectivity index (χ4n) is 2.22. The van der Waals surface area contributed by atoms with E-state index in [2.05, 4.69) is 17.2 Å². The zero-order chi connectivity index (χ0) is 13.0. The Morgan fingerprint density at radius 3 is 2.89 bits per heavy atom. The molecule has 1 unspecified atom stereocenters. The number of nitrogens with zero attached hydrogens (tertiary/aromatic N) is 1. The molecule has 0 radical (unpaired) electrons. The Balaban J connectivity index is 1.99. The second-order valence-corrected chi connectivity index (χ2v) is 5.09. The van der Waals surface area contributed by atoms with Crippen LogP contribution < -0.4 is 11.1 Å². The number of ether oxygens (including phenoxy) is 1. The second-order valence-electron chi connectivity index (χ2n) is 4.66. The lowest BCUT2D eigenvalue weighted by atomic mass is 9.93. The second kappa shape index (κ2) is 6.11. The monoisotopic (exact) mass is 265 g/mol. The summed E-state index contributed by atoms with van der Waals surface area (Å²) >= 11 is 4.93. The summed E-state index contributed by atoms with van der Waals surface area (Å²) in [6, 6.07) is 6.06. The largest absolute Gasteiger partial charge is 0.388 e. The maximum absolute atomic E-state index is 5.58. The molecule has 1 aromatic heterocycles. The molecule has 0 aliphatic carbocycles. The molecule has 2 heterocycles. The molecule has 1 aliphatic rings. The Kier molecular flexibility index (Phi) is 4.49. The number of thiocarbonyl (C=S) groups is 1. The van der Waals surface area contributed by atoms with Crippen molar-refractivity contribution in [3.05, 3.63) is 23.9 Å². The van der Waals surface area contributed by atoms with E-state index in [0.29, 0.717) is 22.6 Å². The first-order valence-corrected chi connectivity index (χ1v) is 6.69. The van der Waals surface area contributed by atoms with Crippen LogP contribution in [0.4, 0.5) is 5.82 Å². The van der Waals surface area contributed by atoms with E-state index in [1.807, 2.05) is 18.2 Å². The van der Waals surface area contributed by atoms with Crippen LogP contribution in [0.1, 0.15) is 25.5 Å². The molecule has 0 spiro atoms. The molecule has 1 atom stereocenters. The smallest absolute Gasteiger partial charge is 0.126 e. The summed E-state index contributed by atoms with van der Waals surface area (Å²) in [7, 11) is 0. The first kappa shape index (κ1) is 13.2. The predicted molar refractivity (Wildman–Crippen MR) is 76.8 cm³/mol. The Bertz CT molecular complexity index is 418. The summed E-state index contributed by atoms with van der Waals surface area (Å²) in [6.07, 6.45) is 2.20. The van der Waals surface area contributed by atoms with Crippen LogP contribution in [0.25, 0.3) is 0 Å². The number of hydrogen-bond acceptors (Lipinski definition) is 4. The van der Waals surface area contributed by atoms with Gasteiger partial charge in [-0.2, -0.15) is 0 Å². The lowest BCUT2D eigenvalue weighted by Gasteiger charge is -2.28. The summed E-state index contributed by atoms with van der Waals surface area (Å²) in [5.41, 5.74) is 6.24. The van der Waals surface area contributed by atoms with Crippen LogP contribution in [0.3, 0.4) is 0 Å². The minimum absolute atomic E-state index is 0.331. The minimum Gasteiger partial charge on any atom is -0.388 e. The van der Waals surface area contributed by atoms with Crippen LogP contribution in [-0.4, -0.2) is 29.2 Å². The molecule has 1 aliphatic heterocycles. The molecule has 3 N–H and O–H groups in total. The molecule has 98 valence electrons. The first-order chi connectivity index (χ1) is 8.66. The van der Waals surface area contributed by atoms with Gasteiger partial charge in [0.15, 0.2) is 0 Å². The normalized spacial score (nSPS) is 18.3. The molecular weight excluding hydrogens is 246 g/mol. The summed E-state index contributed by atoms with van der Waals surface area (Å²) < 4.78 is 5.37. The fourth-order valence-corrected chi connectivity index (χ4v) is 2.33. The Hall–Kier alpha value is -1.20. The molecule has 1 fully saturated rings. The van der Waals surface area contributed by atoms with Gasteiger partial charge in [-0.15, -0.1) is 0 Å². The van der Waals surface area contributed by atoms with Gasteiger partial charge in [0.1, 0.15) is 10.8 Å². The number of hydrogen-bond donors (Lipinski definition) is 2.